The van der Waals surface area contributed by atoms with Crippen LogP contribution in [0.1, 0.15) is 12.8 Å². The minimum atomic E-state index is 0.862. The Hall–Kier alpha value is -0.880. The Kier molecular flexibility index (Phi) is 2.60. The van der Waals surface area contributed by atoms with Crippen LogP contribution in [-0.2, 0) is 0 Å². The molecule has 0 aromatic rings. The van der Waals surface area contributed by atoms with Gasteiger partial charge in [0.25, 0.3) is 0 Å². The molecule has 13 heavy (non-hydrogen) atoms. The summed E-state index contributed by atoms with van der Waals surface area (Å²) in [5.41, 5.74) is 2.01. The Morgan fingerprint density at radius 2 is 2.15 bits per heavy atom. The summed E-state index contributed by atoms with van der Waals surface area (Å²) in [5.74, 6) is 0.945. The summed E-state index contributed by atoms with van der Waals surface area (Å²) in [6.07, 6.45) is 4.56. The number of nitriles is 1. The van der Waals surface area contributed by atoms with Crippen LogP contribution in [0.3, 0.4) is 0 Å². The highest BCUT2D eigenvalue weighted by Gasteiger charge is 2.19. The van der Waals surface area contributed by atoms with Crippen LogP contribution in [0, 0.1) is 11.3 Å². The molecule has 0 unspecified atom stereocenters. The lowest BCUT2D eigenvalue weighted by Gasteiger charge is -2.22. The zero-order valence-corrected chi connectivity index (χ0v) is 8.31. The van der Waals surface area contributed by atoms with Gasteiger partial charge in [-0.15, -0.1) is 11.8 Å². The van der Waals surface area contributed by atoms with Crippen molar-refractivity contribution in [3.8, 4) is 6.07 Å². The van der Waals surface area contributed by atoms with Crippen molar-refractivity contribution in [3.63, 3.8) is 0 Å². The molecule has 0 amide bonds. The minimum absolute atomic E-state index is 0.862. The van der Waals surface area contributed by atoms with E-state index in [1.54, 1.807) is 11.8 Å². The first-order valence-corrected chi connectivity index (χ1v) is 5.64. The lowest BCUT2D eigenvalue weighted by Crippen LogP contribution is -2.20. The van der Waals surface area contributed by atoms with Crippen LogP contribution in [0.5, 0.6) is 0 Å². The molecule has 0 spiro atoms. The van der Waals surface area contributed by atoms with E-state index in [4.69, 9.17) is 5.26 Å². The van der Waals surface area contributed by atoms with E-state index in [9.17, 15) is 0 Å². The van der Waals surface area contributed by atoms with Crippen LogP contribution in [0.25, 0.3) is 0 Å². The van der Waals surface area contributed by atoms with Gasteiger partial charge >= 0.3 is 0 Å². The average Bonchev–Trinajstić information content (AvgIpc) is 2.70. The number of thioether (sulfide) groups is 1. The lowest BCUT2D eigenvalue weighted by atomic mass is 10.2. The number of likely N-dealkylation sites (tertiary alicyclic amines) is 1. The molecule has 2 aliphatic heterocycles. The fraction of sp³-hybridized carbons (Fsp3) is 0.500. The number of nitrogens with zero attached hydrogens (tertiary/aromatic N) is 2. The minimum Gasteiger partial charge on any atom is -0.370 e. The Labute approximate surface area is 82.9 Å². The molecule has 0 atom stereocenters. The van der Waals surface area contributed by atoms with Crippen molar-refractivity contribution in [1.29, 1.82) is 5.26 Å². The van der Waals surface area contributed by atoms with Gasteiger partial charge in [-0.25, -0.2) is 0 Å². The topological polar surface area (TPSA) is 27.0 Å². The molecule has 0 aliphatic carbocycles. The maximum Gasteiger partial charge on any atom is 0.101 e. The van der Waals surface area contributed by atoms with Crippen molar-refractivity contribution in [2.24, 2.45) is 0 Å². The van der Waals surface area contributed by atoms with E-state index < -0.39 is 0 Å². The molecule has 0 radical (unpaired) electrons. The number of hydrogen-bond donors (Lipinski definition) is 0. The van der Waals surface area contributed by atoms with Gasteiger partial charge in [0.2, 0.25) is 0 Å². The van der Waals surface area contributed by atoms with Gasteiger partial charge in [-0.3, -0.25) is 0 Å². The highest BCUT2D eigenvalue weighted by molar-refractivity contribution is 8.02. The fourth-order valence-electron chi connectivity index (χ4n) is 1.73. The molecular weight excluding hydrogens is 180 g/mol. The van der Waals surface area contributed by atoms with Crippen LogP contribution >= 0.6 is 11.8 Å². The van der Waals surface area contributed by atoms with Gasteiger partial charge in [-0.05, 0) is 18.2 Å². The predicted octanol–water partition coefficient (Wildman–Crippen LogP) is 2.12. The van der Waals surface area contributed by atoms with Crippen molar-refractivity contribution >= 4 is 11.8 Å². The third kappa shape index (κ3) is 1.73. The molecule has 68 valence electrons. The smallest absolute Gasteiger partial charge is 0.101 e. The molecule has 0 aromatic heterocycles. The van der Waals surface area contributed by atoms with Gasteiger partial charge in [-0.2, -0.15) is 5.26 Å². The zero-order chi connectivity index (χ0) is 9.10. The normalized spacial score (nSPS) is 22.2. The molecule has 2 aliphatic rings. The first-order chi connectivity index (χ1) is 6.42. The average molecular weight is 192 g/mol. The van der Waals surface area contributed by atoms with Crippen LogP contribution in [0.4, 0.5) is 0 Å². The summed E-state index contributed by atoms with van der Waals surface area (Å²) in [7, 11) is 0. The van der Waals surface area contributed by atoms with Gasteiger partial charge in [0, 0.05) is 18.8 Å². The summed E-state index contributed by atoms with van der Waals surface area (Å²) in [5, 5.41) is 11.1. The van der Waals surface area contributed by atoms with Crippen molar-refractivity contribution in [3.05, 3.63) is 22.8 Å². The molecule has 2 heterocycles. The highest BCUT2D eigenvalue weighted by Crippen LogP contribution is 2.27. The second-order valence-corrected chi connectivity index (χ2v) is 4.16. The van der Waals surface area contributed by atoms with E-state index in [0.29, 0.717) is 0 Å². The molecule has 1 saturated heterocycles. The Balaban J connectivity index is 2.17. The van der Waals surface area contributed by atoms with E-state index in [0.717, 1.165) is 30.1 Å². The Bertz CT molecular complexity index is 293. The molecule has 2 nitrogen and oxygen atoms in total. The SMILES string of the molecule is N#CC1=CCSC=C1N1CCCC1. The van der Waals surface area contributed by atoms with Crippen molar-refractivity contribution in [2.45, 2.75) is 12.8 Å². The molecule has 2 rings (SSSR count). The van der Waals surface area contributed by atoms with Gasteiger partial charge in [0.05, 0.1) is 11.3 Å². The summed E-state index contributed by atoms with van der Waals surface area (Å²) >= 11 is 1.78. The first-order valence-electron chi connectivity index (χ1n) is 4.59. The lowest BCUT2D eigenvalue weighted by molar-refractivity contribution is 0.437. The summed E-state index contributed by atoms with van der Waals surface area (Å²) < 4.78 is 0. The van der Waals surface area contributed by atoms with Crippen molar-refractivity contribution in [2.75, 3.05) is 18.8 Å². The van der Waals surface area contributed by atoms with Crippen LogP contribution in [0.2, 0.25) is 0 Å². The number of allylic oxidation sites excluding steroid dienone is 1. The van der Waals surface area contributed by atoms with Crippen LogP contribution in [-0.4, -0.2) is 23.7 Å². The second-order valence-electron chi connectivity index (χ2n) is 3.26. The Morgan fingerprint density at radius 3 is 2.85 bits per heavy atom. The van der Waals surface area contributed by atoms with E-state index in [1.165, 1.54) is 12.8 Å². The third-order valence-corrected chi connectivity index (χ3v) is 3.17. The second kappa shape index (κ2) is 3.89. The first kappa shape index (κ1) is 8.71. The third-order valence-electron chi connectivity index (χ3n) is 2.42. The van der Waals surface area contributed by atoms with Gasteiger partial charge in [-0.1, -0.05) is 6.08 Å². The molecule has 1 fully saturated rings. The molecule has 3 heteroatoms. The molecular formula is C10H12N2S. The van der Waals surface area contributed by atoms with Gasteiger partial charge in [0.15, 0.2) is 0 Å². The molecule has 0 saturated carbocycles. The predicted molar refractivity (Wildman–Crippen MR) is 55.0 cm³/mol. The summed E-state index contributed by atoms with van der Waals surface area (Å²) in [6, 6.07) is 2.27. The summed E-state index contributed by atoms with van der Waals surface area (Å²) in [4.78, 5) is 2.32. The maximum atomic E-state index is 8.93. The van der Waals surface area contributed by atoms with E-state index in [2.05, 4.69) is 16.4 Å². The monoisotopic (exact) mass is 192 g/mol. The maximum absolute atomic E-state index is 8.93. The van der Waals surface area contributed by atoms with E-state index >= 15 is 0 Å². The number of rotatable bonds is 1. The zero-order valence-electron chi connectivity index (χ0n) is 7.49. The fourth-order valence-corrected chi connectivity index (χ4v) is 2.53. The molecule has 0 bridgehead atoms. The standard InChI is InChI=1S/C10H12N2S/c11-7-9-3-6-13-8-10(9)12-4-1-2-5-12/h3,8H,1-2,4-6H2. The highest BCUT2D eigenvalue weighted by atomic mass is 32.2. The molecule has 0 aromatic carbocycles. The molecule has 0 N–H and O–H groups in total. The Morgan fingerprint density at radius 1 is 1.38 bits per heavy atom. The van der Waals surface area contributed by atoms with E-state index in [1.807, 2.05) is 6.08 Å². The quantitative estimate of drug-likeness (QED) is 0.636. The number of hydrogen-bond acceptors (Lipinski definition) is 3. The van der Waals surface area contributed by atoms with Crippen molar-refractivity contribution in [1.82, 2.24) is 4.90 Å². The van der Waals surface area contributed by atoms with Crippen LogP contribution in [0.15, 0.2) is 22.8 Å². The van der Waals surface area contributed by atoms with Crippen molar-refractivity contribution < 1.29 is 0 Å². The van der Waals surface area contributed by atoms with Gasteiger partial charge in [0.1, 0.15) is 6.07 Å². The van der Waals surface area contributed by atoms with E-state index in [-0.39, 0.29) is 0 Å². The largest absolute Gasteiger partial charge is 0.370 e. The van der Waals surface area contributed by atoms with Crippen LogP contribution < -0.4 is 0 Å². The van der Waals surface area contributed by atoms with Gasteiger partial charge < -0.3 is 4.90 Å². The summed E-state index contributed by atoms with van der Waals surface area (Å²) in [6.45, 7) is 2.23.